The normalized spacial score (nSPS) is 11.2. The van der Waals surface area contributed by atoms with Crippen molar-refractivity contribution < 1.29 is 9.26 Å². The molecule has 2 aromatic heterocycles. The highest BCUT2D eigenvalue weighted by molar-refractivity contribution is 9.10. The van der Waals surface area contributed by atoms with Gasteiger partial charge in [-0.3, -0.25) is 4.90 Å². The molecule has 0 unspecified atom stereocenters. The van der Waals surface area contributed by atoms with Crippen molar-refractivity contribution >= 4 is 27.3 Å². The van der Waals surface area contributed by atoms with Crippen LogP contribution in [0.3, 0.4) is 0 Å². The van der Waals surface area contributed by atoms with Gasteiger partial charge in [0.05, 0.1) is 17.3 Å². The van der Waals surface area contributed by atoms with Gasteiger partial charge in [-0.2, -0.15) is 0 Å². The lowest BCUT2D eigenvalue weighted by Gasteiger charge is -2.13. The van der Waals surface area contributed by atoms with Crippen molar-refractivity contribution in [2.24, 2.45) is 0 Å². The average molecular weight is 331 g/mol. The van der Waals surface area contributed by atoms with Crippen LogP contribution in [0.2, 0.25) is 0 Å². The van der Waals surface area contributed by atoms with Gasteiger partial charge in [0.15, 0.2) is 5.06 Å². The number of methoxy groups -OCH3 is 1. The first kappa shape index (κ1) is 13.6. The van der Waals surface area contributed by atoms with Crippen LogP contribution in [0.5, 0.6) is 5.06 Å². The third-order valence-electron chi connectivity index (χ3n) is 2.43. The molecule has 4 nitrogen and oxygen atoms in total. The molecule has 0 fully saturated rings. The van der Waals surface area contributed by atoms with Crippen LogP contribution >= 0.6 is 27.3 Å². The fourth-order valence-corrected chi connectivity index (χ4v) is 3.48. The molecule has 0 aromatic carbocycles. The number of thiophene rings is 1. The van der Waals surface area contributed by atoms with Gasteiger partial charge in [-0.15, -0.1) is 11.3 Å². The van der Waals surface area contributed by atoms with E-state index in [1.165, 1.54) is 4.88 Å². The zero-order chi connectivity index (χ0) is 13.1. The lowest BCUT2D eigenvalue weighted by atomic mass is 10.3. The van der Waals surface area contributed by atoms with E-state index >= 15 is 0 Å². The molecular weight excluding hydrogens is 316 g/mol. The van der Waals surface area contributed by atoms with E-state index in [0.29, 0.717) is 0 Å². The number of aryl methyl sites for hydroxylation is 1. The number of aromatic nitrogens is 1. The Kier molecular flexibility index (Phi) is 4.42. The second kappa shape index (κ2) is 5.86. The Balaban J connectivity index is 1.96. The minimum atomic E-state index is 0.773. The summed E-state index contributed by atoms with van der Waals surface area (Å²) in [6.07, 6.45) is 0. The Labute approximate surface area is 119 Å². The molecule has 0 aliphatic rings. The molecule has 0 N–H and O–H groups in total. The standard InChI is InChI=1S/C12H15BrN2O2S/c1-8-4-9(14-17-8)6-15(2)7-10-5-11(13)12(16-3)18-10/h4-5H,6-7H2,1-3H3. The maximum Gasteiger partial charge on any atom is 0.188 e. The zero-order valence-corrected chi connectivity index (χ0v) is 13.0. The fourth-order valence-electron chi connectivity index (χ4n) is 1.71. The van der Waals surface area contributed by atoms with Gasteiger partial charge in [0, 0.05) is 24.0 Å². The Morgan fingerprint density at radius 2 is 2.22 bits per heavy atom. The first-order valence-corrected chi connectivity index (χ1v) is 7.12. The molecule has 18 heavy (non-hydrogen) atoms. The predicted octanol–water partition coefficient (Wildman–Crippen LogP) is 3.45. The Bertz CT molecular complexity index is 524. The summed E-state index contributed by atoms with van der Waals surface area (Å²) in [5, 5.41) is 4.90. The van der Waals surface area contributed by atoms with Crippen LogP contribution in [0.15, 0.2) is 21.1 Å². The number of halogens is 1. The maximum atomic E-state index is 5.25. The molecule has 0 saturated heterocycles. The van der Waals surface area contributed by atoms with Gasteiger partial charge < -0.3 is 9.26 Å². The maximum absolute atomic E-state index is 5.25. The second-order valence-electron chi connectivity index (χ2n) is 4.15. The van der Waals surface area contributed by atoms with Crippen molar-refractivity contribution in [2.45, 2.75) is 20.0 Å². The van der Waals surface area contributed by atoms with Crippen molar-refractivity contribution in [1.82, 2.24) is 10.1 Å². The number of hydrogen-bond acceptors (Lipinski definition) is 5. The molecule has 0 atom stereocenters. The third-order valence-corrected chi connectivity index (χ3v) is 4.36. The first-order chi connectivity index (χ1) is 8.58. The SMILES string of the molecule is COc1sc(CN(C)Cc2cc(C)on2)cc1Br. The van der Waals surface area contributed by atoms with E-state index in [1.54, 1.807) is 18.4 Å². The molecule has 0 aliphatic heterocycles. The summed E-state index contributed by atoms with van der Waals surface area (Å²) in [4.78, 5) is 3.44. The largest absolute Gasteiger partial charge is 0.486 e. The van der Waals surface area contributed by atoms with E-state index in [1.807, 2.05) is 13.0 Å². The molecule has 2 heterocycles. The number of ether oxygens (including phenoxy) is 1. The van der Waals surface area contributed by atoms with Crippen LogP contribution in [0.4, 0.5) is 0 Å². The molecule has 0 radical (unpaired) electrons. The molecular formula is C12H15BrN2O2S. The lowest BCUT2D eigenvalue weighted by molar-refractivity contribution is 0.304. The summed E-state index contributed by atoms with van der Waals surface area (Å²) in [5.74, 6) is 0.846. The molecule has 0 amide bonds. The van der Waals surface area contributed by atoms with E-state index in [4.69, 9.17) is 9.26 Å². The van der Waals surface area contributed by atoms with Crippen molar-refractivity contribution in [2.75, 3.05) is 14.2 Å². The van der Waals surface area contributed by atoms with E-state index < -0.39 is 0 Å². The summed E-state index contributed by atoms with van der Waals surface area (Å²) < 4.78 is 11.3. The molecule has 0 saturated carbocycles. The van der Waals surface area contributed by atoms with Gasteiger partial charge in [-0.05, 0) is 36.0 Å². The van der Waals surface area contributed by atoms with Gasteiger partial charge in [0.2, 0.25) is 0 Å². The van der Waals surface area contributed by atoms with E-state index in [0.717, 1.165) is 34.1 Å². The van der Waals surface area contributed by atoms with Crippen molar-refractivity contribution in [3.63, 3.8) is 0 Å². The number of hydrogen-bond donors (Lipinski definition) is 0. The number of rotatable bonds is 5. The summed E-state index contributed by atoms with van der Waals surface area (Å²) >= 11 is 5.13. The van der Waals surface area contributed by atoms with Crippen molar-refractivity contribution in [1.29, 1.82) is 0 Å². The quantitative estimate of drug-likeness (QED) is 0.841. The Hall–Kier alpha value is -0.850. The van der Waals surface area contributed by atoms with Gasteiger partial charge in [0.1, 0.15) is 5.76 Å². The lowest BCUT2D eigenvalue weighted by Crippen LogP contribution is -2.16. The van der Waals surface area contributed by atoms with Gasteiger partial charge in [-0.1, -0.05) is 5.16 Å². The molecule has 6 heteroatoms. The highest BCUT2D eigenvalue weighted by Gasteiger charge is 2.10. The Morgan fingerprint density at radius 1 is 1.44 bits per heavy atom. The Morgan fingerprint density at radius 3 is 2.78 bits per heavy atom. The van der Waals surface area contributed by atoms with Crippen molar-refractivity contribution in [3.05, 3.63) is 32.9 Å². The van der Waals surface area contributed by atoms with Crippen LogP contribution in [0, 0.1) is 6.92 Å². The average Bonchev–Trinajstić information content (AvgIpc) is 2.85. The smallest absolute Gasteiger partial charge is 0.188 e. The minimum Gasteiger partial charge on any atom is -0.486 e. The van der Waals surface area contributed by atoms with E-state index in [2.05, 4.69) is 39.1 Å². The van der Waals surface area contributed by atoms with E-state index in [-0.39, 0.29) is 0 Å². The van der Waals surface area contributed by atoms with Gasteiger partial charge in [0.25, 0.3) is 0 Å². The van der Waals surface area contributed by atoms with Gasteiger partial charge >= 0.3 is 0 Å². The zero-order valence-electron chi connectivity index (χ0n) is 10.6. The molecule has 0 aliphatic carbocycles. The molecule has 98 valence electrons. The van der Waals surface area contributed by atoms with Crippen molar-refractivity contribution in [3.8, 4) is 5.06 Å². The van der Waals surface area contributed by atoms with E-state index in [9.17, 15) is 0 Å². The summed E-state index contributed by atoms with van der Waals surface area (Å²) in [6.45, 7) is 3.53. The molecule has 0 bridgehead atoms. The van der Waals surface area contributed by atoms with Crippen LogP contribution < -0.4 is 4.74 Å². The summed E-state index contributed by atoms with van der Waals surface area (Å²) in [5.41, 5.74) is 0.956. The highest BCUT2D eigenvalue weighted by Crippen LogP contribution is 2.35. The summed E-state index contributed by atoms with van der Waals surface area (Å²) in [6, 6.07) is 4.05. The first-order valence-electron chi connectivity index (χ1n) is 5.51. The number of nitrogens with zero attached hydrogens (tertiary/aromatic N) is 2. The third kappa shape index (κ3) is 3.34. The molecule has 2 aromatic rings. The highest BCUT2D eigenvalue weighted by atomic mass is 79.9. The van der Waals surface area contributed by atoms with Crippen LogP contribution in [-0.2, 0) is 13.1 Å². The van der Waals surface area contributed by atoms with Crippen LogP contribution in [0.25, 0.3) is 0 Å². The molecule has 0 spiro atoms. The fraction of sp³-hybridized carbons (Fsp3) is 0.417. The predicted molar refractivity (Wildman–Crippen MR) is 75.0 cm³/mol. The minimum absolute atomic E-state index is 0.773. The van der Waals surface area contributed by atoms with Crippen LogP contribution in [-0.4, -0.2) is 24.2 Å². The molecule has 2 rings (SSSR count). The summed E-state index contributed by atoms with van der Waals surface area (Å²) in [7, 11) is 3.74. The van der Waals surface area contributed by atoms with Gasteiger partial charge in [-0.25, -0.2) is 0 Å². The van der Waals surface area contributed by atoms with Crippen LogP contribution in [0.1, 0.15) is 16.3 Å². The monoisotopic (exact) mass is 330 g/mol. The second-order valence-corrected chi connectivity index (χ2v) is 6.11. The topological polar surface area (TPSA) is 38.5 Å².